The average molecular weight is 297 g/mol. The number of nitrogens with zero attached hydrogens (tertiary/aromatic N) is 2. The number of aryl methyl sites for hydroxylation is 2. The highest BCUT2D eigenvalue weighted by Crippen LogP contribution is 2.28. The maximum Gasteiger partial charge on any atom is 0.317 e. The normalized spacial score (nSPS) is 19.9. The van der Waals surface area contributed by atoms with Crippen molar-refractivity contribution in [1.82, 2.24) is 15.2 Å². The fraction of sp³-hybridized carbons (Fsp3) is 0.714. The zero-order valence-corrected chi connectivity index (χ0v) is 13.4. The van der Waals surface area contributed by atoms with Gasteiger partial charge in [0.05, 0.1) is 22.8 Å². The molecule has 1 saturated heterocycles. The molecule has 1 fully saturated rings. The van der Waals surface area contributed by atoms with E-state index < -0.39 is 0 Å². The van der Waals surface area contributed by atoms with Crippen LogP contribution in [-0.2, 0) is 4.74 Å². The molecule has 1 aromatic rings. The number of amides is 2. The minimum Gasteiger partial charge on any atom is -0.376 e. The van der Waals surface area contributed by atoms with Gasteiger partial charge in [-0.2, -0.15) is 0 Å². The lowest BCUT2D eigenvalue weighted by atomic mass is 10.2. The third kappa shape index (κ3) is 3.49. The van der Waals surface area contributed by atoms with Crippen LogP contribution in [-0.4, -0.2) is 42.2 Å². The Morgan fingerprint density at radius 2 is 2.35 bits per heavy atom. The lowest BCUT2D eigenvalue weighted by molar-refractivity contribution is 0.108. The number of aromatic nitrogens is 1. The highest BCUT2D eigenvalue weighted by molar-refractivity contribution is 7.11. The van der Waals surface area contributed by atoms with Gasteiger partial charge in [-0.15, -0.1) is 11.3 Å². The predicted molar refractivity (Wildman–Crippen MR) is 80.1 cm³/mol. The van der Waals surface area contributed by atoms with Crippen LogP contribution in [0.4, 0.5) is 4.79 Å². The van der Waals surface area contributed by atoms with Crippen molar-refractivity contribution in [3.05, 3.63) is 15.6 Å². The van der Waals surface area contributed by atoms with Gasteiger partial charge >= 0.3 is 6.03 Å². The Kier molecular flexibility index (Phi) is 4.99. The summed E-state index contributed by atoms with van der Waals surface area (Å²) in [6.07, 6.45) is 2.30. The highest BCUT2D eigenvalue weighted by Gasteiger charge is 2.23. The van der Waals surface area contributed by atoms with E-state index in [2.05, 4.69) is 10.3 Å². The first-order chi connectivity index (χ1) is 9.49. The Bertz CT molecular complexity index is 469. The van der Waals surface area contributed by atoms with E-state index in [1.807, 2.05) is 27.8 Å². The molecule has 1 aliphatic rings. The molecule has 6 heteroatoms. The number of nitrogens with one attached hydrogen (secondary N) is 1. The van der Waals surface area contributed by atoms with Gasteiger partial charge in [-0.25, -0.2) is 9.78 Å². The molecule has 2 amide bonds. The van der Waals surface area contributed by atoms with Crippen molar-refractivity contribution in [3.63, 3.8) is 0 Å². The van der Waals surface area contributed by atoms with Crippen LogP contribution in [0.5, 0.6) is 0 Å². The quantitative estimate of drug-likeness (QED) is 0.929. The van der Waals surface area contributed by atoms with E-state index in [0.717, 1.165) is 35.0 Å². The summed E-state index contributed by atoms with van der Waals surface area (Å²) in [5.41, 5.74) is 1.01. The molecule has 0 saturated carbocycles. The van der Waals surface area contributed by atoms with Crippen molar-refractivity contribution in [2.75, 3.05) is 20.2 Å². The van der Waals surface area contributed by atoms with E-state index in [0.29, 0.717) is 6.54 Å². The molecule has 1 aliphatic heterocycles. The van der Waals surface area contributed by atoms with Crippen LogP contribution in [0.15, 0.2) is 0 Å². The van der Waals surface area contributed by atoms with E-state index in [1.165, 1.54) is 0 Å². The van der Waals surface area contributed by atoms with Crippen LogP contribution in [0.1, 0.15) is 41.4 Å². The Labute approximate surface area is 124 Å². The Hall–Kier alpha value is -1.14. The Morgan fingerprint density at radius 1 is 1.60 bits per heavy atom. The number of ether oxygens (including phenoxy) is 1. The zero-order valence-electron chi connectivity index (χ0n) is 12.6. The lowest BCUT2D eigenvalue weighted by Crippen LogP contribution is -2.41. The molecular weight excluding hydrogens is 274 g/mol. The van der Waals surface area contributed by atoms with E-state index >= 15 is 0 Å². The van der Waals surface area contributed by atoms with Crippen molar-refractivity contribution >= 4 is 17.4 Å². The minimum absolute atomic E-state index is 0.0331. The summed E-state index contributed by atoms with van der Waals surface area (Å²) < 4.78 is 5.51. The number of carbonyl (C=O) groups excluding carboxylic acids is 1. The van der Waals surface area contributed by atoms with Gasteiger partial charge in [-0.1, -0.05) is 0 Å². The second-order valence-electron chi connectivity index (χ2n) is 5.29. The molecule has 5 nitrogen and oxygen atoms in total. The Balaban J connectivity index is 1.90. The molecule has 20 heavy (non-hydrogen) atoms. The monoisotopic (exact) mass is 297 g/mol. The molecule has 0 radical (unpaired) electrons. The van der Waals surface area contributed by atoms with E-state index in [1.54, 1.807) is 16.2 Å². The lowest BCUT2D eigenvalue weighted by Gasteiger charge is -2.25. The number of urea groups is 1. The molecule has 112 valence electrons. The molecule has 0 aliphatic carbocycles. The molecular formula is C14H23N3O2S. The number of rotatable bonds is 4. The summed E-state index contributed by atoms with van der Waals surface area (Å²) in [4.78, 5) is 19.5. The predicted octanol–water partition coefficient (Wildman–Crippen LogP) is 2.64. The van der Waals surface area contributed by atoms with Crippen LogP contribution in [0.2, 0.25) is 0 Å². The van der Waals surface area contributed by atoms with Gasteiger partial charge in [0.2, 0.25) is 0 Å². The first-order valence-corrected chi connectivity index (χ1v) is 7.87. The fourth-order valence-electron chi connectivity index (χ4n) is 2.42. The topological polar surface area (TPSA) is 54.5 Å². The first kappa shape index (κ1) is 15.3. The van der Waals surface area contributed by atoms with Crippen molar-refractivity contribution in [2.45, 2.75) is 45.8 Å². The van der Waals surface area contributed by atoms with Gasteiger partial charge in [0.1, 0.15) is 0 Å². The van der Waals surface area contributed by atoms with Crippen LogP contribution in [0, 0.1) is 13.8 Å². The van der Waals surface area contributed by atoms with Crippen LogP contribution in [0.25, 0.3) is 0 Å². The van der Waals surface area contributed by atoms with Crippen LogP contribution < -0.4 is 5.32 Å². The van der Waals surface area contributed by atoms with Gasteiger partial charge in [0.25, 0.3) is 0 Å². The first-order valence-electron chi connectivity index (χ1n) is 7.05. The van der Waals surface area contributed by atoms with Crippen molar-refractivity contribution < 1.29 is 9.53 Å². The maximum atomic E-state index is 12.2. The summed E-state index contributed by atoms with van der Waals surface area (Å²) in [6, 6.07) is -0.0239. The van der Waals surface area contributed by atoms with Crippen molar-refractivity contribution in [3.8, 4) is 0 Å². The SMILES string of the molecule is Cc1nc(C)c([C@H](C)N(C)C(=O)NC[C@@H]2CCCO2)s1. The number of hydrogen-bond donors (Lipinski definition) is 1. The molecule has 1 N–H and O–H groups in total. The van der Waals surface area contributed by atoms with Crippen LogP contribution >= 0.6 is 11.3 Å². The summed E-state index contributed by atoms with van der Waals surface area (Å²) in [5, 5.41) is 3.99. The smallest absolute Gasteiger partial charge is 0.317 e. The third-order valence-electron chi connectivity index (χ3n) is 3.73. The van der Waals surface area contributed by atoms with E-state index in [4.69, 9.17) is 4.74 Å². The summed E-state index contributed by atoms with van der Waals surface area (Å²) in [6.45, 7) is 7.42. The molecule has 0 spiro atoms. The molecule has 1 aromatic heterocycles. The summed E-state index contributed by atoms with van der Waals surface area (Å²) in [7, 11) is 1.82. The minimum atomic E-state index is -0.0570. The fourth-order valence-corrected chi connectivity index (χ4v) is 3.44. The number of carbonyl (C=O) groups is 1. The summed E-state index contributed by atoms with van der Waals surface area (Å²) >= 11 is 1.65. The third-order valence-corrected chi connectivity index (χ3v) is 4.97. The van der Waals surface area contributed by atoms with Gasteiger partial charge in [0, 0.05) is 25.1 Å². The number of hydrogen-bond acceptors (Lipinski definition) is 4. The van der Waals surface area contributed by atoms with Gasteiger partial charge in [0.15, 0.2) is 0 Å². The van der Waals surface area contributed by atoms with Crippen molar-refractivity contribution in [1.29, 1.82) is 0 Å². The summed E-state index contributed by atoms with van der Waals surface area (Å²) in [5.74, 6) is 0. The van der Waals surface area contributed by atoms with Gasteiger partial charge in [-0.3, -0.25) is 0 Å². The Morgan fingerprint density at radius 3 is 2.90 bits per heavy atom. The molecule has 2 rings (SSSR count). The molecule has 2 atom stereocenters. The molecule has 0 aromatic carbocycles. The second-order valence-corrected chi connectivity index (χ2v) is 6.53. The molecule has 0 unspecified atom stereocenters. The standard InChI is InChI=1S/C14H23N3O2S/c1-9-13(20-11(3)16-9)10(2)17(4)14(18)15-8-12-6-5-7-19-12/h10,12H,5-8H2,1-4H3,(H,15,18)/t10-,12-/m0/s1. The van der Waals surface area contributed by atoms with E-state index in [9.17, 15) is 4.79 Å². The van der Waals surface area contributed by atoms with Gasteiger partial charge in [-0.05, 0) is 33.6 Å². The van der Waals surface area contributed by atoms with Crippen LogP contribution in [0.3, 0.4) is 0 Å². The zero-order chi connectivity index (χ0) is 14.7. The van der Waals surface area contributed by atoms with Gasteiger partial charge < -0.3 is 15.0 Å². The van der Waals surface area contributed by atoms with E-state index in [-0.39, 0.29) is 18.2 Å². The largest absolute Gasteiger partial charge is 0.376 e. The number of thiazole rings is 1. The average Bonchev–Trinajstić information content (AvgIpc) is 3.03. The molecule has 2 heterocycles. The van der Waals surface area contributed by atoms with Crippen molar-refractivity contribution in [2.24, 2.45) is 0 Å². The second kappa shape index (κ2) is 6.54. The maximum absolute atomic E-state index is 12.2. The molecule has 0 bridgehead atoms. The highest BCUT2D eigenvalue weighted by atomic mass is 32.1.